The molecule has 0 saturated carbocycles. The lowest BCUT2D eigenvalue weighted by Gasteiger charge is -2.32. The lowest BCUT2D eigenvalue weighted by Crippen LogP contribution is -2.41. The van der Waals surface area contributed by atoms with Crippen molar-refractivity contribution in [2.75, 3.05) is 13.3 Å². The van der Waals surface area contributed by atoms with Gasteiger partial charge >= 0.3 is 5.97 Å². The van der Waals surface area contributed by atoms with Crippen molar-refractivity contribution in [2.45, 2.75) is 50.1 Å². The Balaban J connectivity index is 2.11. The molecule has 1 aromatic carbocycles. The van der Waals surface area contributed by atoms with Crippen LogP contribution in [0.4, 0.5) is 0 Å². The monoisotopic (exact) mass is 413 g/mol. The number of esters is 1. The van der Waals surface area contributed by atoms with Gasteiger partial charge in [0.1, 0.15) is 17.7 Å². The maximum absolute atomic E-state index is 12.3. The number of phenols is 1. The van der Waals surface area contributed by atoms with E-state index in [1.165, 1.54) is 23.4 Å². The number of hydrogen-bond donors (Lipinski definition) is 2. The second-order valence-corrected chi connectivity index (χ2v) is 14.6. The number of aliphatic hydroxyl groups is 1. The van der Waals surface area contributed by atoms with Crippen molar-refractivity contribution < 1.29 is 29.3 Å². The number of hydrogen-bond acceptors (Lipinski definition) is 7. The lowest BCUT2D eigenvalue weighted by molar-refractivity contribution is -0.213. The summed E-state index contributed by atoms with van der Waals surface area (Å²) in [4.78, 5) is 23.9. The number of carbonyl (C=O) groups is 2. The molecule has 1 saturated heterocycles. The van der Waals surface area contributed by atoms with Gasteiger partial charge in [0, 0.05) is 28.0 Å². The van der Waals surface area contributed by atoms with Crippen LogP contribution in [0, 0.1) is 0 Å². The number of benzene rings is 1. The maximum Gasteiger partial charge on any atom is 0.305 e. The predicted octanol–water partition coefficient (Wildman–Crippen LogP) is 2.66. The van der Waals surface area contributed by atoms with Gasteiger partial charge in [0.2, 0.25) is 5.91 Å². The third kappa shape index (κ3) is 5.71. The lowest BCUT2D eigenvalue weighted by atomic mass is 9.98. The topological polar surface area (TPSA) is 96.3 Å². The number of para-hydroxylation sites is 1. The van der Waals surface area contributed by atoms with E-state index in [0.29, 0.717) is 6.61 Å². The highest BCUT2D eigenvalue weighted by Gasteiger charge is 2.50. The van der Waals surface area contributed by atoms with Gasteiger partial charge < -0.3 is 19.7 Å². The number of ether oxygens (including phenoxy) is 2. The van der Waals surface area contributed by atoms with Crippen LogP contribution in [0.15, 0.2) is 24.3 Å². The molecule has 0 spiro atoms. The van der Waals surface area contributed by atoms with Crippen molar-refractivity contribution in [2.24, 2.45) is 0 Å². The molecule has 2 rings (SSSR count). The average molecular weight is 414 g/mol. The molecule has 1 fully saturated rings. The highest BCUT2D eigenvalue weighted by molar-refractivity contribution is 7.98. The quantitative estimate of drug-likeness (QED) is 0.222. The zero-order valence-corrected chi connectivity index (χ0v) is 17.9. The second kappa shape index (κ2) is 8.64. The van der Waals surface area contributed by atoms with E-state index in [-0.39, 0.29) is 30.4 Å². The van der Waals surface area contributed by atoms with Gasteiger partial charge in [0.05, 0.1) is 5.56 Å². The Morgan fingerprint density at radius 2 is 2.04 bits per heavy atom. The summed E-state index contributed by atoms with van der Waals surface area (Å²) >= 11 is 1.06. The van der Waals surface area contributed by atoms with Gasteiger partial charge in [0.25, 0.3) is 5.79 Å². The molecule has 1 amide bonds. The van der Waals surface area contributed by atoms with E-state index in [4.69, 9.17) is 9.47 Å². The maximum atomic E-state index is 12.3. The van der Waals surface area contributed by atoms with E-state index >= 15 is 0 Å². The fraction of sp³-hybridized carbons (Fsp3) is 0.556. The Morgan fingerprint density at radius 1 is 1.37 bits per heavy atom. The van der Waals surface area contributed by atoms with Crippen molar-refractivity contribution in [3.63, 3.8) is 0 Å². The van der Waals surface area contributed by atoms with Crippen molar-refractivity contribution in [1.82, 2.24) is 4.31 Å². The standard InChI is InChI=1S/C18H27NO6SSi/c1-13(20)25-18(23,14-7-5-6-8-15(14)21)16-11-17(22)19(26-16)12-24-9-10-27(2,3)4/h5-8,16,21,23H,9-12H2,1-4H3. The summed E-state index contributed by atoms with van der Waals surface area (Å²) in [6.07, 6.45) is -0.0415. The van der Waals surface area contributed by atoms with Crippen LogP contribution in [0.3, 0.4) is 0 Å². The highest BCUT2D eigenvalue weighted by Crippen LogP contribution is 2.45. The van der Waals surface area contributed by atoms with Crippen LogP contribution in [0.5, 0.6) is 5.75 Å². The van der Waals surface area contributed by atoms with Crippen LogP contribution in [-0.2, 0) is 24.8 Å². The molecule has 9 heteroatoms. The molecule has 2 atom stereocenters. The first-order chi connectivity index (χ1) is 12.5. The Hall–Kier alpha value is -1.55. The minimum absolute atomic E-state index is 0.0415. The Bertz CT molecular complexity index is 695. The minimum Gasteiger partial charge on any atom is -0.507 e. The fourth-order valence-corrected chi connectivity index (χ4v) is 4.56. The van der Waals surface area contributed by atoms with Crippen LogP contribution in [0.25, 0.3) is 0 Å². The number of nitrogens with zero attached hydrogens (tertiary/aromatic N) is 1. The van der Waals surface area contributed by atoms with Crippen molar-refractivity contribution in [1.29, 1.82) is 0 Å². The zero-order chi connectivity index (χ0) is 20.2. The van der Waals surface area contributed by atoms with Crippen LogP contribution >= 0.6 is 11.9 Å². The molecule has 2 N–H and O–H groups in total. The van der Waals surface area contributed by atoms with E-state index in [0.717, 1.165) is 18.0 Å². The first kappa shape index (κ1) is 21.7. The number of amides is 1. The van der Waals surface area contributed by atoms with E-state index < -0.39 is 25.1 Å². The molecule has 0 bridgehead atoms. The van der Waals surface area contributed by atoms with Crippen LogP contribution in [-0.4, -0.2) is 53.1 Å². The van der Waals surface area contributed by atoms with Crippen LogP contribution < -0.4 is 0 Å². The van der Waals surface area contributed by atoms with Crippen LogP contribution in [0.2, 0.25) is 25.7 Å². The first-order valence-corrected chi connectivity index (χ1v) is 13.3. The highest BCUT2D eigenvalue weighted by atomic mass is 32.2. The van der Waals surface area contributed by atoms with Gasteiger partial charge in [-0.3, -0.25) is 13.9 Å². The Labute approximate surface area is 164 Å². The summed E-state index contributed by atoms with van der Waals surface area (Å²) in [6, 6.07) is 7.05. The fourth-order valence-electron chi connectivity index (χ4n) is 2.64. The first-order valence-electron chi connectivity index (χ1n) is 8.78. The van der Waals surface area contributed by atoms with E-state index in [1.54, 1.807) is 12.1 Å². The molecule has 0 radical (unpaired) electrons. The van der Waals surface area contributed by atoms with Gasteiger partial charge in [-0.25, -0.2) is 0 Å². The second-order valence-electron chi connectivity index (χ2n) is 7.73. The van der Waals surface area contributed by atoms with Crippen molar-refractivity contribution >= 4 is 31.9 Å². The van der Waals surface area contributed by atoms with Crippen molar-refractivity contribution in [3.05, 3.63) is 29.8 Å². The van der Waals surface area contributed by atoms with Gasteiger partial charge in [-0.2, -0.15) is 0 Å². The predicted molar refractivity (Wildman–Crippen MR) is 106 cm³/mol. The van der Waals surface area contributed by atoms with Gasteiger partial charge in [0.15, 0.2) is 0 Å². The Kier molecular flexibility index (Phi) is 6.96. The minimum atomic E-state index is -2.12. The molecule has 150 valence electrons. The van der Waals surface area contributed by atoms with Gasteiger partial charge in [-0.05, 0) is 30.1 Å². The summed E-state index contributed by atoms with van der Waals surface area (Å²) < 4.78 is 12.2. The SMILES string of the molecule is CC(=O)OC(O)(c1ccccc1O)C1CC(=O)N(COCC[Si](C)(C)C)S1. The molecule has 2 unspecified atom stereocenters. The summed E-state index contributed by atoms with van der Waals surface area (Å²) in [5, 5.41) is 20.4. The number of rotatable bonds is 8. The van der Waals surface area contributed by atoms with Gasteiger partial charge in [-0.1, -0.05) is 31.8 Å². The van der Waals surface area contributed by atoms with Crippen LogP contribution in [0.1, 0.15) is 18.9 Å². The molecule has 7 nitrogen and oxygen atoms in total. The molecular formula is C18H27NO6SSi. The normalized spacial score (nSPS) is 19.8. The van der Waals surface area contributed by atoms with Crippen molar-refractivity contribution in [3.8, 4) is 5.75 Å². The number of phenolic OH excluding ortho intramolecular Hbond substituents is 1. The summed E-state index contributed by atoms with van der Waals surface area (Å²) in [7, 11) is -1.22. The molecule has 1 aliphatic heterocycles. The molecule has 1 aromatic rings. The molecule has 0 aliphatic carbocycles. The molecule has 27 heavy (non-hydrogen) atoms. The van der Waals surface area contributed by atoms with E-state index in [9.17, 15) is 19.8 Å². The van der Waals surface area contributed by atoms with Gasteiger partial charge in [-0.15, -0.1) is 0 Å². The molecule has 0 aromatic heterocycles. The number of aromatic hydroxyl groups is 1. The molecular weight excluding hydrogens is 386 g/mol. The van der Waals surface area contributed by atoms with E-state index in [2.05, 4.69) is 19.6 Å². The third-order valence-corrected chi connectivity index (χ3v) is 7.13. The average Bonchev–Trinajstić information content (AvgIpc) is 2.92. The molecule has 1 aliphatic rings. The summed E-state index contributed by atoms with van der Waals surface area (Å²) in [5.74, 6) is -3.26. The third-order valence-electron chi connectivity index (χ3n) is 4.12. The largest absolute Gasteiger partial charge is 0.507 e. The Morgan fingerprint density at radius 3 is 2.63 bits per heavy atom. The zero-order valence-electron chi connectivity index (χ0n) is 16.1. The number of carbonyl (C=O) groups excluding carboxylic acids is 2. The summed E-state index contributed by atoms with van der Waals surface area (Å²) in [6.45, 7) is 8.57. The summed E-state index contributed by atoms with van der Waals surface area (Å²) in [5.41, 5.74) is 0.0481. The molecule has 1 heterocycles. The smallest absolute Gasteiger partial charge is 0.305 e. The van der Waals surface area contributed by atoms with E-state index in [1.807, 2.05) is 0 Å².